The van der Waals surface area contributed by atoms with Crippen molar-refractivity contribution in [3.8, 4) is 6.07 Å². The molecule has 6 heteroatoms. The number of fused-ring (bicyclic) bond motifs is 1. The summed E-state index contributed by atoms with van der Waals surface area (Å²) < 4.78 is 7.54. The average molecular weight is 398 g/mol. The number of hydrogen-bond donors (Lipinski definition) is 1. The van der Waals surface area contributed by atoms with E-state index in [-0.39, 0.29) is 5.91 Å². The van der Waals surface area contributed by atoms with Gasteiger partial charge in [-0.25, -0.2) is 0 Å². The molecule has 0 aliphatic rings. The molecule has 30 heavy (non-hydrogen) atoms. The van der Waals surface area contributed by atoms with Crippen molar-refractivity contribution in [3.63, 3.8) is 0 Å². The maximum atomic E-state index is 11.8. The summed E-state index contributed by atoms with van der Waals surface area (Å²) in [5, 5.41) is 12.4. The zero-order valence-electron chi connectivity index (χ0n) is 16.7. The first-order chi connectivity index (χ1) is 14.7. The van der Waals surface area contributed by atoms with E-state index < -0.39 is 0 Å². The first-order valence-electron chi connectivity index (χ1n) is 9.72. The molecule has 150 valence electrons. The highest BCUT2D eigenvalue weighted by Crippen LogP contribution is 2.22. The summed E-state index contributed by atoms with van der Waals surface area (Å²) in [5.41, 5.74) is 4.27. The third-order valence-corrected chi connectivity index (χ3v) is 5.08. The molecule has 4 aromatic rings. The number of carbonyl (C=O) groups is 1. The van der Waals surface area contributed by atoms with E-state index in [4.69, 9.17) is 4.42 Å². The Labute approximate surface area is 175 Å². The Bertz CT molecular complexity index is 1180. The van der Waals surface area contributed by atoms with E-state index in [1.54, 1.807) is 13.3 Å². The topological polar surface area (TPSA) is 73.7 Å². The van der Waals surface area contributed by atoms with Gasteiger partial charge in [0.2, 0.25) is 0 Å². The molecular weight excluding hydrogens is 376 g/mol. The molecule has 3 heterocycles. The second-order valence-corrected chi connectivity index (χ2v) is 7.13. The van der Waals surface area contributed by atoms with Crippen LogP contribution in [-0.4, -0.2) is 22.3 Å². The number of amides is 1. The number of pyridine rings is 1. The number of benzene rings is 1. The molecule has 0 unspecified atom stereocenters. The Morgan fingerprint density at radius 3 is 2.63 bits per heavy atom. The highest BCUT2D eigenvalue weighted by molar-refractivity contribution is 5.93. The zero-order valence-corrected chi connectivity index (χ0v) is 16.7. The SMILES string of the molecule is CNC(=O)c1ccc(CN(Cc2ccco2)Cc2cn3ccccc3c2C#N)cc1. The lowest BCUT2D eigenvalue weighted by Gasteiger charge is -2.21. The van der Waals surface area contributed by atoms with Crippen molar-refractivity contribution >= 4 is 11.4 Å². The smallest absolute Gasteiger partial charge is 0.251 e. The third-order valence-electron chi connectivity index (χ3n) is 5.08. The molecule has 6 nitrogen and oxygen atoms in total. The largest absolute Gasteiger partial charge is 0.468 e. The van der Waals surface area contributed by atoms with Crippen LogP contribution < -0.4 is 5.32 Å². The van der Waals surface area contributed by atoms with E-state index in [1.165, 1.54) is 0 Å². The molecule has 1 amide bonds. The Kier molecular flexibility index (Phi) is 5.64. The van der Waals surface area contributed by atoms with Crippen LogP contribution >= 0.6 is 0 Å². The van der Waals surface area contributed by atoms with Crippen LogP contribution in [0.25, 0.3) is 5.52 Å². The molecule has 1 aromatic carbocycles. The number of hydrogen-bond acceptors (Lipinski definition) is 4. The summed E-state index contributed by atoms with van der Waals surface area (Å²) in [7, 11) is 1.62. The number of nitrogens with one attached hydrogen (secondary N) is 1. The van der Waals surface area contributed by atoms with Gasteiger partial charge in [0.15, 0.2) is 0 Å². The van der Waals surface area contributed by atoms with Crippen LogP contribution in [0.1, 0.15) is 32.8 Å². The van der Waals surface area contributed by atoms with E-state index in [0.717, 1.165) is 22.4 Å². The second kappa shape index (κ2) is 8.68. The van der Waals surface area contributed by atoms with Gasteiger partial charge in [0.1, 0.15) is 11.8 Å². The van der Waals surface area contributed by atoms with Gasteiger partial charge in [-0.15, -0.1) is 0 Å². The van der Waals surface area contributed by atoms with Crippen LogP contribution in [0.2, 0.25) is 0 Å². The van der Waals surface area contributed by atoms with Crippen molar-refractivity contribution in [2.24, 2.45) is 0 Å². The summed E-state index contributed by atoms with van der Waals surface area (Å²) in [6.45, 7) is 1.87. The van der Waals surface area contributed by atoms with Gasteiger partial charge in [-0.05, 0) is 42.0 Å². The number of carbonyl (C=O) groups excluding carboxylic acids is 1. The predicted molar refractivity (Wildman–Crippen MR) is 114 cm³/mol. The van der Waals surface area contributed by atoms with Gasteiger partial charge < -0.3 is 14.1 Å². The second-order valence-electron chi connectivity index (χ2n) is 7.13. The van der Waals surface area contributed by atoms with Crippen molar-refractivity contribution in [1.82, 2.24) is 14.6 Å². The van der Waals surface area contributed by atoms with E-state index in [1.807, 2.05) is 71.4 Å². The Balaban J connectivity index is 1.61. The lowest BCUT2D eigenvalue weighted by Crippen LogP contribution is -2.22. The Morgan fingerprint density at radius 1 is 1.10 bits per heavy atom. The van der Waals surface area contributed by atoms with Gasteiger partial charge >= 0.3 is 0 Å². The lowest BCUT2D eigenvalue weighted by molar-refractivity contribution is 0.0963. The maximum Gasteiger partial charge on any atom is 0.251 e. The lowest BCUT2D eigenvalue weighted by atomic mass is 10.1. The number of nitrogens with zero attached hydrogens (tertiary/aromatic N) is 3. The van der Waals surface area contributed by atoms with Gasteiger partial charge in [0, 0.05) is 43.7 Å². The van der Waals surface area contributed by atoms with Crippen LogP contribution in [0.15, 0.2) is 77.7 Å². The van der Waals surface area contributed by atoms with Gasteiger partial charge in [-0.2, -0.15) is 5.26 Å². The molecule has 0 fully saturated rings. The summed E-state index contributed by atoms with van der Waals surface area (Å²) in [5.74, 6) is 0.757. The molecule has 0 radical (unpaired) electrons. The molecule has 0 spiro atoms. The van der Waals surface area contributed by atoms with E-state index >= 15 is 0 Å². The van der Waals surface area contributed by atoms with Crippen molar-refractivity contribution in [2.45, 2.75) is 19.6 Å². The van der Waals surface area contributed by atoms with E-state index in [2.05, 4.69) is 16.3 Å². The average Bonchev–Trinajstić information content (AvgIpc) is 3.40. The maximum absolute atomic E-state index is 11.8. The van der Waals surface area contributed by atoms with Gasteiger partial charge in [0.25, 0.3) is 5.91 Å². The molecule has 0 bridgehead atoms. The van der Waals surface area contributed by atoms with Crippen molar-refractivity contribution < 1.29 is 9.21 Å². The van der Waals surface area contributed by atoms with Gasteiger partial charge in [0.05, 0.1) is 23.9 Å². The molecule has 1 N–H and O–H groups in total. The van der Waals surface area contributed by atoms with Crippen LogP contribution in [-0.2, 0) is 19.6 Å². The predicted octanol–water partition coefficient (Wildman–Crippen LogP) is 3.97. The van der Waals surface area contributed by atoms with Crippen LogP contribution in [0.4, 0.5) is 0 Å². The Morgan fingerprint density at radius 2 is 1.93 bits per heavy atom. The van der Waals surface area contributed by atoms with Gasteiger partial charge in [-0.1, -0.05) is 18.2 Å². The van der Waals surface area contributed by atoms with Crippen molar-refractivity contribution in [3.05, 3.63) is 101 Å². The molecule has 4 rings (SSSR count). The summed E-state index contributed by atoms with van der Waals surface area (Å²) in [4.78, 5) is 14.0. The molecule has 0 atom stereocenters. The fourth-order valence-corrected chi connectivity index (χ4v) is 3.62. The minimum Gasteiger partial charge on any atom is -0.468 e. The minimum absolute atomic E-state index is 0.104. The highest BCUT2D eigenvalue weighted by Gasteiger charge is 2.16. The van der Waals surface area contributed by atoms with Gasteiger partial charge in [-0.3, -0.25) is 9.69 Å². The normalized spacial score (nSPS) is 11.0. The first-order valence-corrected chi connectivity index (χ1v) is 9.72. The fourth-order valence-electron chi connectivity index (χ4n) is 3.62. The zero-order chi connectivity index (χ0) is 20.9. The number of rotatable bonds is 7. The molecule has 0 saturated carbocycles. The molecular formula is C24H22N4O2. The van der Waals surface area contributed by atoms with Crippen molar-refractivity contribution in [1.29, 1.82) is 5.26 Å². The Hall–Kier alpha value is -3.82. The highest BCUT2D eigenvalue weighted by atomic mass is 16.3. The summed E-state index contributed by atoms with van der Waals surface area (Å²) >= 11 is 0. The van der Waals surface area contributed by atoms with E-state index in [0.29, 0.717) is 30.8 Å². The molecule has 0 aliphatic heterocycles. The number of furan rings is 1. The first kappa shape index (κ1) is 19.5. The molecule has 0 saturated heterocycles. The number of aromatic nitrogens is 1. The standard InChI is InChI=1S/C24H22N4O2/c1-26-24(29)19-9-7-18(8-10-19)14-27(17-21-5-4-12-30-21)15-20-16-28-11-3-2-6-23(28)22(20)13-25/h2-12,16H,14-15,17H2,1H3,(H,26,29). The van der Waals surface area contributed by atoms with Crippen LogP contribution in [0, 0.1) is 11.3 Å². The van der Waals surface area contributed by atoms with Crippen LogP contribution in [0.3, 0.4) is 0 Å². The number of nitriles is 1. The monoisotopic (exact) mass is 398 g/mol. The quantitative estimate of drug-likeness (QED) is 0.511. The van der Waals surface area contributed by atoms with E-state index in [9.17, 15) is 10.1 Å². The fraction of sp³-hybridized carbons (Fsp3) is 0.167. The van der Waals surface area contributed by atoms with Crippen LogP contribution in [0.5, 0.6) is 0 Å². The van der Waals surface area contributed by atoms with Crippen molar-refractivity contribution in [2.75, 3.05) is 7.05 Å². The summed E-state index contributed by atoms with van der Waals surface area (Å²) in [6.07, 6.45) is 5.63. The third kappa shape index (κ3) is 4.12. The minimum atomic E-state index is -0.104. The summed E-state index contributed by atoms with van der Waals surface area (Å²) in [6, 6.07) is 19.6. The molecule has 0 aliphatic carbocycles. The molecule has 3 aromatic heterocycles.